The summed E-state index contributed by atoms with van der Waals surface area (Å²) < 4.78 is 34.4. The van der Waals surface area contributed by atoms with Crippen LogP contribution in [0.5, 0.6) is 0 Å². The van der Waals surface area contributed by atoms with Crippen LogP contribution in [0.2, 0.25) is 0 Å². The van der Waals surface area contributed by atoms with E-state index in [1.165, 1.54) is 20.1 Å². The molecular formula is C31H36O9. The van der Waals surface area contributed by atoms with Gasteiger partial charge >= 0.3 is 12.1 Å². The molecule has 1 N–H and O–H groups in total. The molecule has 0 bridgehead atoms. The first-order valence-corrected chi connectivity index (χ1v) is 13.1. The number of carbonyl (C=O) groups is 2. The molecular weight excluding hydrogens is 516 g/mol. The molecule has 0 amide bonds. The van der Waals surface area contributed by atoms with E-state index >= 15 is 0 Å². The van der Waals surface area contributed by atoms with Crippen LogP contribution >= 0.6 is 0 Å². The minimum atomic E-state index is -1.21. The molecule has 1 unspecified atom stereocenters. The van der Waals surface area contributed by atoms with Crippen LogP contribution < -0.4 is 0 Å². The van der Waals surface area contributed by atoms with Crippen molar-refractivity contribution in [3.05, 3.63) is 84.4 Å². The average Bonchev–Trinajstić information content (AvgIpc) is 2.97. The number of ether oxygens (including phenoxy) is 6. The summed E-state index contributed by atoms with van der Waals surface area (Å²) in [7, 11) is 1.30. The number of methoxy groups -OCH3 is 1. The van der Waals surface area contributed by atoms with E-state index in [1.54, 1.807) is 0 Å². The molecule has 9 heteroatoms. The molecule has 214 valence electrons. The highest BCUT2D eigenvalue weighted by Gasteiger charge is 2.46. The van der Waals surface area contributed by atoms with Crippen LogP contribution in [0.25, 0.3) is 0 Å². The largest absolute Gasteiger partial charge is 0.509 e. The van der Waals surface area contributed by atoms with Crippen molar-refractivity contribution in [2.45, 2.75) is 69.6 Å². The van der Waals surface area contributed by atoms with Gasteiger partial charge in [-0.2, -0.15) is 0 Å². The average molecular weight is 553 g/mol. The Kier molecular flexibility index (Phi) is 12.7. The van der Waals surface area contributed by atoms with Crippen LogP contribution in [-0.4, -0.2) is 67.6 Å². The Morgan fingerprint density at radius 1 is 1.05 bits per heavy atom. The van der Waals surface area contributed by atoms with Crippen molar-refractivity contribution in [3.63, 3.8) is 0 Å². The lowest BCUT2D eigenvalue weighted by molar-refractivity contribution is -0.227. The SMILES string of the molecule is C=CCOC(=O)OC(C#C[C@@H](C)O)[C@@H]1O[C@H](CC(=O)OC)C[C@H](OCc2ccccc2)[C@H]1OCc1ccccc1. The topological polar surface area (TPSA) is 110 Å². The van der Waals surface area contributed by atoms with Crippen molar-refractivity contribution in [3.8, 4) is 11.8 Å². The van der Waals surface area contributed by atoms with E-state index in [0.29, 0.717) is 6.42 Å². The molecule has 40 heavy (non-hydrogen) atoms. The summed E-state index contributed by atoms with van der Waals surface area (Å²) >= 11 is 0. The predicted octanol–water partition coefficient (Wildman–Crippen LogP) is 3.97. The van der Waals surface area contributed by atoms with E-state index in [0.717, 1.165) is 11.1 Å². The Labute approximate surface area is 235 Å². The monoisotopic (exact) mass is 552 g/mol. The first kappa shape index (κ1) is 30.9. The maximum Gasteiger partial charge on any atom is 0.509 e. The second-order valence-corrected chi connectivity index (χ2v) is 9.19. The van der Waals surface area contributed by atoms with Crippen LogP contribution in [0.4, 0.5) is 4.79 Å². The standard InChI is InChI=1S/C31H36O9/c1-4-17-36-31(34)40-26(16-15-22(2)32)30-29(38-21-24-13-9-6-10-14-24)27(18-25(39-30)19-28(33)35-3)37-20-23-11-7-5-8-12-23/h4-14,22,25-27,29-30,32H,1,17-21H2,2-3H3/t22-,25+,26?,27+,29-,30+/m1/s1. The summed E-state index contributed by atoms with van der Waals surface area (Å²) in [5.41, 5.74) is 1.87. The summed E-state index contributed by atoms with van der Waals surface area (Å²) in [4.78, 5) is 24.7. The van der Waals surface area contributed by atoms with Crippen molar-refractivity contribution in [1.82, 2.24) is 0 Å². The molecule has 0 radical (unpaired) electrons. The van der Waals surface area contributed by atoms with Gasteiger partial charge in [0.1, 0.15) is 24.9 Å². The van der Waals surface area contributed by atoms with Crippen LogP contribution in [0.3, 0.4) is 0 Å². The highest BCUT2D eigenvalue weighted by Crippen LogP contribution is 2.31. The Morgan fingerprint density at radius 2 is 1.68 bits per heavy atom. The maximum atomic E-state index is 12.5. The van der Waals surface area contributed by atoms with Gasteiger partial charge in [0.05, 0.1) is 39.0 Å². The van der Waals surface area contributed by atoms with Crippen molar-refractivity contribution in [2.75, 3.05) is 13.7 Å². The smallest absolute Gasteiger partial charge is 0.469 e. The Bertz CT molecular complexity index is 1120. The lowest BCUT2D eigenvalue weighted by atomic mass is 9.92. The predicted molar refractivity (Wildman–Crippen MR) is 146 cm³/mol. The third-order valence-electron chi connectivity index (χ3n) is 6.02. The quantitative estimate of drug-likeness (QED) is 0.238. The number of esters is 1. The van der Waals surface area contributed by atoms with Crippen molar-refractivity contribution >= 4 is 12.1 Å². The van der Waals surface area contributed by atoms with Gasteiger partial charge in [-0.25, -0.2) is 4.79 Å². The molecule has 0 aromatic heterocycles. The maximum absolute atomic E-state index is 12.5. The third-order valence-corrected chi connectivity index (χ3v) is 6.02. The van der Waals surface area contributed by atoms with Crippen LogP contribution in [0, 0.1) is 11.8 Å². The second-order valence-electron chi connectivity index (χ2n) is 9.19. The van der Waals surface area contributed by atoms with Gasteiger partial charge in [0.2, 0.25) is 0 Å². The summed E-state index contributed by atoms with van der Waals surface area (Å²) in [6.07, 6.45) is -4.51. The number of hydrogen-bond acceptors (Lipinski definition) is 9. The van der Waals surface area contributed by atoms with E-state index in [4.69, 9.17) is 28.4 Å². The zero-order chi connectivity index (χ0) is 28.7. The number of carbonyl (C=O) groups excluding carboxylic acids is 2. The van der Waals surface area contributed by atoms with Crippen molar-refractivity contribution in [2.24, 2.45) is 0 Å². The van der Waals surface area contributed by atoms with Gasteiger partial charge in [-0.15, -0.1) is 0 Å². The number of aliphatic hydroxyl groups is 1. The summed E-state index contributed by atoms with van der Waals surface area (Å²) in [5, 5.41) is 9.84. The summed E-state index contributed by atoms with van der Waals surface area (Å²) in [5.74, 6) is 4.94. The lowest BCUT2D eigenvalue weighted by Gasteiger charge is -2.42. The number of benzene rings is 2. The van der Waals surface area contributed by atoms with E-state index < -0.39 is 48.7 Å². The van der Waals surface area contributed by atoms with Gasteiger partial charge < -0.3 is 33.5 Å². The van der Waals surface area contributed by atoms with Gasteiger partial charge in [-0.3, -0.25) is 4.79 Å². The highest BCUT2D eigenvalue weighted by atomic mass is 16.7. The van der Waals surface area contributed by atoms with Crippen LogP contribution in [-0.2, 0) is 46.4 Å². The first-order valence-electron chi connectivity index (χ1n) is 13.1. The molecule has 2 aromatic carbocycles. The van der Waals surface area contributed by atoms with Gasteiger partial charge in [0.25, 0.3) is 0 Å². The molecule has 1 heterocycles. The number of hydrogen-bond donors (Lipinski definition) is 1. The Balaban J connectivity index is 1.95. The molecule has 6 atom stereocenters. The molecule has 1 saturated heterocycles. The molecule has 1 aliphatic heterocycles. The number of rotatable bonds is 12. The lowest BCUT2D eigenvalue weighted by Crippen LogP contribution is -2.56. The van der Waals surface area contributed by atoms with Gasteiger partial charge in [-0.05, 0) is 18.1 Å². The zero-order valence-corrected chi connectivity index (χ0v) is 22.8. The highest BCUT2D eigenvalue weighted by molar-refractivity contribution is 5.69. The first-order chi connectivity index (χ1) is 19.4. The number of aliphatic hydroxyl groups excluding tert-OH is 1. The van der Waals surface area contributed by atoms with Crippen molar-refractivity contribution < 1.29 is 43.1 Å². The normalized spacial score (nSPS) is 21.7. The molecule has 1 aliphatic rings. The molecule has 0 spiro atoms. The minimum Gasteiger partial charge on any atom is -0.469 e. The molecule has 0 aliphatic carbocycles. The Morgan fingerprint density at radius 3 is 2.25 bits per heavy atom. The van der Waals surface area contributed by atoms with Gasteiger partial charge in [0.15, 0.2) is 6.10 Å². The van der Waals surface area contributed by atoms with E-state index in [9.17, 15) is 14.7 Å². The molecule has 1 fully saturated rings. The molecule has 9 nitrogen and oxygen atoms in total. The Hall–Kier alpha value is -3.68. The molecule has 2 aromatic rings. The fourth-order valence-corrected chi connectivity index (χ4v) is 4.16. The fraction of sp³-hybridized carbons (Fsp3) is 0.419. The van der Waals surface area contributed by atoms with E-state index in [1.807, 2.05) is 60.7 Å². The summed E-state index contributed by atoms with van der Waals surface area (Å²) in [6.45, 7) is 5.44. The summed E-state index contributed by atoms with van der Waals surface area (Å²) in [6, 6.07) is 19.2. The van der Waals surface area contributed by atoms with Gasteiger partial charge in [0, 0.05) is 6.42 Å². The zero-order valence-electron chi connectivity index (χ0n) is 22.8. The third kappa shape index (κ3) is 10.1. The van der Waals surface area contributed by atoms with Gasteiger partial charge in [-0.1, -0.05) is 85.2 Å². The van der Waals surface area contributed by atoms with E-state index in [2.05, 4.69) is 18.4 Å². The minimum absolute atomic E-state index is 0.0545. The van der Waals surface area contributed by atoms with E-state index in [-0.39, 0.29) is 26.2 Å². The molecule has 3 rings (SSSR count). The molecule has 0 saturated carbocycles. The van der Waals surface area contributed by atoms with Crippen LogP contribution in [0.15, 0.2) is 73.3 Å². The van der Waals surface area contributed by atoms with Crippen molar-refractivity contribution in [1.29, 1.82) is 0 Å². The second kappa shape index (κ2) is 16.4. The fourth-order valence-electron chi connectivity index (χ4n) is 4.16. The van der Waals surface area contributed by atoms with Crippen LogP contribution in [0.1, 0.15) is 30.9 Å².